The van der Waals surface area contributed by atoms with E-state index in [-0.39, 0.29) is 18.7 Å². The molecule has 5 rings (SSSR count). The number of hydrogen-bond donors (Lipinski definition) is 1. The Labute approximate surface area is 212 Å². The minimum Gasteiger partial charge on any atom is -0.250 e. The lowest BCUT2D eigenvalue weighted by Gasteiger charge is -2.26. The van der Waals surface area contributed by atoms with Gasteiger partial charge in [-0.2, -0.15) is 14.3 Å². The summed E-state index contributed by atoms with van der Waals surface area (Å²) in [6, 6.07) is -0.451. The Morgan fingerprint density at radius 1 is 1.20 bits per heavy atom. The summed E-state index contributed by atoms with van der Waals surface area (Å²) in [5, 5.41) is 0.723. The fourth-order valence-corrected chi connectivity index (χ4v) is 7.50. The maximum absolute atomic E-state index is 13.6. The van der Waals surface area contributed by atoms with Crippen LogP contribution in [0.4, 0.5) is 4.79 Å². The van der Waals surface area contributed by atoms with Crippen molar-refractivity contribution in [2.45, 2.75) is 64.4 Å². The molecule has 3 aliphatic rings. The summed E-state index contributed by atoms with van der Waals surface area (Å²) < 4.78 is 30.4. The van der Waals surface area contributed by atoms with Crippen LogP contribution in [0.3, 0.4) is 0 Å². The third kappa shape index (κ3) is 4.67. The summed E-state index contributed by atoms with van der Waals surface area (Å²) in [4.78, 5) is 38.7. The van der Waals surface area contributed by atoms with Gasteiger partial charge in [0.15, 0.2) is 0 Å². The van der Waals surface area contributed by atoms with Gasteiger partial charge in [0.2, 0.25) is 10.0 Å². The number of amides is 3. The Morgan fingerprint density at radius 2 is 1.94 bits per heavy atom. The molecule has 1 N–H and O–H groups in total. The van der Waals surface area contributed by atoms with E-state index in [4.69, 9.17) is 0 Å². The van der Waals surface area contributed by atoms with Gasteiger partial charge < -0.3 is 0 Å². The molecule has 3 heterocycles. The molecule has 1 fully saturated rings. The van der Waals surface area contributed by atoms with Crippen LogP contribution in [-0.4, -0.2) is 56.3 Å². The Balaban J connectivity index is 1.56. The number of nitrogens with one attached hydrogen (secondary N) is 1. The van der Waals surface area contributed by atoms with Gasteiger partial charge in [-0.3, -0.25) is 0 Å². The number of fused-ring (bicyclic) bond motifs is 1. The molecule has 2 aromatic heterocycles. The van der Waals surface area contributed by atoms with Crippen molar-refractivity contribution in [1.82, 2.24) is 19.6 Å². The number of aromatic nitrogens is 2. The summed E-state index contributed by atoms with van der Waals surface area (Å²) in [6.07, 6.45) is 7.81. The monoisotopic (exact) mass is 532 g/mol. The smallest absolute Gasteiger partial charge is 0.250 e. The van der Waals surface area contributed by atoms with Gasteiger partial charge in [0.1, 0.15) is 29.6 Å². The fourth-order valence-electron chi connectivity index (χ4n) is 4.16. The van der Waals surface area contributed by atoms with E-state index in [2.05, 4.69) is 14.7 Å². The highest BCUT2D eigenvalue weighted by atomic mass is 32.2. The molecule has 0 radical (unpaired) electrons. The van der Waals surface area contributed by atoms with Gasteiger partial charge in [0, 0.05) is 11.7 Å². The number of urea groups is 1. The van der Waals surface area contributed by atoms with Gasteiger partial charge >= 0.3 is 11.9 Å². The van der Waals surface area contributed by atoms with Crippen LogP contribution in [0.5, 0.6) is 0 Å². The van der Waals surface area contributed by atoms with Crippen molar-refractivity contribution >= 4 is 50.3 Å². The number of rotatable bonds is 7. The maximum atomic E-state index is 13.6. The highest BCUT2D eigenvalue weighted by molar-refractivity contribution is 7.90. The number of carbonyl (C=O) groups is 2. The van der Waals surface area contributed by atoms with Crippen molar-refractivity contribution in [2.24, 2.45) is 0 Å². The van der Waals surface area contributed by atoms with Crippen LogP contribution < -0.4 is 4.72 Å². The largest absolute Gasteiger partial charge is 0.502 e. The zero-order valence-electron chi connectivity index (χ0n) is 19.9. The van der Waals surface area contributed by atoms with E-state index < -0.39 is 32.8 Å². The molecule has 1 atom stereocenters. The molecule has 184 valence electrons. The lowest BCUT2D eigenvalue weighted by Crippen LogP contribution is -2.51. The molecule has 1 unspecified atom stereocenters. The Kier molecular flexibility index (Phi) is 5.90. The predicted octanol–water partition coefficient (Wildman–Crippen LogP) is 2.98. The number of nitrogens with zero attached hydrogens (tertiary/aromatic N) is 4. The van der Waals surface area contributed by atoms with E-state index in [1.165, 1.54) is 44.3 Å². The second-order valence-corrected chi connectivity index (χ2v) is 13.8. The van der Waals surface area contributed by atoms with Gasteiger partial charge in [-0.15, -0.1) is 22.7 Å². The molecule has 2 aromatic rings. The summed E-state index contributed by atoms with van der Waals surface area (Å²) in [5.41, 5.74) is 1.02. The average molecular weight is 533 g/mol. The summed E-state index contributed by atoms with van der Waals surface area (Å²) in [6.45, 7) is 7.84. The third-order valence-electron chi connectivity index (χ3n) is 6.31. The zero-order valence-corrected chi connectivity index (χ0v) is 22.3. The van der Waals surface area contributed by atoms with E-state index in [1.54, 1.807) is 12.3 Å². The van der Waals surface area contributed by atoms with Crippen LogP contribution in [0.2, 0.25) is 0 Å². The van der Waals surface area contributed by atoms with Crippen molar-refractivity contribution in [3.8, 4) is 0 Å². The number of hydrogen-bond acceptors (Lipinski definition) is 8. The van der Waals surface area contributed by atoms with E-state index >= 15 is 0 Å². The maximum Gasteiger partial charge on any atom is 0.502 e. The molecule has 0 aromatic carbocycles. The van der Waals surface area contributed by atoms with E-state index in [0.717, 1.165) is 38.3 Å². The zero-order chi connectivity index (χ0) is 25.1. The van der Waals surface area contributed by atoms with Crippen LogP contribution in [0.15, 0.2) is 30.0 Å². The number of aryl methyl sites for hydroxylation is 3. The second-order valence-electron chi connectivity index (χ2n) is 9.34. The van der Waals surface area contributed by atoms with Crippen molar-refractivity contribution in [2.75, 3.05) is 0 Å². The number of imide groups is 1. The van der Waals surface area contributed by atoms with Gasteiger partial charge in [0.05, 0.1) is 25.5 Å². The van der Waals surface area contributed by atoms with Crippen LogP contribution in [0, 0.1) is 20.8 Å². The third-order valence-corrected chi connectivity index (χ3v) is 10.1. The van der Waals surface area contributed by atoms with Crippen molar-refractivity contribution in [1.29, 1.82) is 0 Å². The van der Waals surface area contributed by atoms with Gasteiger partial charge in [-0.05, 0) is 52.7 Å². The molecule has 1 aliphatic heterocycles. The van der Waals surface area contributed by atoms with Crippen LogP contribution in [0.1, 0.15) is 45.2 Å². The van der Waals surface area contributed by atoms with Crippen LogP contribution in [-0.2, 0) is 27.9 Å². The van der Waals surface area contributed by atoms with Gasteiger partial charge in [0.25, 0.3) is 0 Å². The first kappa shape index (κ1) is 24.2. The molecule has 3 amide bonds. The summed E-state index contributed by atoms with van der Waals surface area (Å²) >= 11 is 2.91. The van der Waals surface area contributed by atoms with Gasteiger partial charge in [-0.1, -0.05) is 6.08 Å². The second kappa shape index (κ2) is 8.54. The quantitative estimate of drug-likeness (QED) is 0.549. The lowest BCUT2D eigenvalue weighted by atomic mass is 9.99. The average Bonchev–Trinajstić information content (AvgIpc) is 3.20. The number of carbonyl (C=O) groups excluding carboxylic acids is 2. The van der Waals surface area contributed by atoms with Crippen LogP contribution >= 0.6 is 22.7 Å². The molecule has 0 saturated heterocycles. The molecule has 0 spiro atoms. The molecule has 9 nitrogen and oxygen atoms in total. The lowest BCUT2D eigenvalue weighted by molar-refractivity contribution is -0.452. The molecule has 12 heteroatoms. The first-order valence-corrected chi connectivity index (χ1v) is 14.4. The normalized spacial score (nSPS) is 21.4. The molecule has 2 aliphatic carbocycles. The molecule has 0 bridgehead atoms. The van der Waals surface area contributed by atoms with E-state index in [1.807, 2.05) is 27.7 Å². The van der Waals surface area contributed by atoms with Gasteiger partial charge in [-0.25, -0.2) is 27.9 Å². The molecular weight excluding hydrogens is 506 g/mol. The van der Waals surface area contributed by atoms with Crippen LogP contribution in [0.25, 0.3) is 0 Å². The fraction of sp³-hybridized carbons (Fsp3) is 0.435. The number of sulfonamides is 1. The minimum absolute atomic E-state index is 0.0719. The van der Waals surface area contributed by atoms with Crippen molar-refractivity contribution < 1.29 is 22.6 Å². The number of thiazole rings is 2. The Bertz CT molecular complexity index is 1440. The first-order chi connectivity index (χ1) is 16.5. The minimum atomic E-state index is -3.74. The Morgan fingerprint density at radius 3 is 2.54 bits per heavy atom. The molecular formula is C23H26N5O4S3+. The van der Waals surface area contributed by atoms with Crippen molar-refractivity contribution in [3.05, 3.63) is 55.5 Å². The van der Waals surface area contributed by atoms with Crippen molar-refractivity contribution in [3.63, 3.8) is 0 Å². The topological polar surface area (TPSA) is 112 Å². The van der Waals surface area contributed by atoms with E-state index in [9.17, 15) is 18.0 Å². The van der Waals surface area contributed by atoms with E-state index in [0.29, 0.717) is 5.71 Å². The molecule has 35 heavy (non-hydrogen) atoms. The SMILES string of the molecule is Cc1ncc(CN2C(=O)C3=CC(S(=O)(=O)NC4(C)CC4)C=CC3=[N+](Cc3sc(C)nc3C)C2=O)s1. The molecule has 1 saturated carbocycles. The number of allylic oxidation sites excluding steroid dienone is 1. The Hall–Kier alpha value is -2.54. The summed E-state index contributed by atoms with van der Waals surface area (Å²) in [5.74, 6) is -0.508. The predicted molar refractivity (Wildman–Crippen MR) is 134 cm³/mol. The standard InChI is InChI=1S/C23H26N5O4S3/c1-13-20(34-15(3)25-13)12-27-19-6-5-17(35(31,32)26-23(4)7-8-23)9-18(19)21(29)28(22(27)30)11-16-10-24-14(2)33-16/h5-6,9-10,17,26H,7-8,11-12H2,1-4H3/q+1. The summed E-state index contributed by atoms with van der Waals surface area (Å²) in [7, 11) is -3.74. The highest BCUT2D eigenvalue weighted by Crippen LogP contribution is 2.36. The highest BCUT2D eigenvalue weighted by Gasteiger charge is 2.48. The first-order valence-electron chi connectivity index (χ1n) is 11.2.